The van der Waals surface area contributed by atoms with Crippen molar-refractivity contribution in [1.82, 2.24) is 15.2 Å². The van der Waals surface area contributed by atoms with Crippen LogP contribution in [0, 0.1) is 5.82 Å². The van der Waals surface area contributed by atoms with Crippen LogP contribution in [0.3, 0.4) is 0 Å². The number of thiocarbonyl (C=S) groups is 1. The van der Waals surface area contributed by atoms with Crippen LogP contribution >= 0.6 is 23.6 Å². The summed E-state index contributed by atoms with van der Waals surface area (Å²) in [5, 5.41) is 5.81. The van der Waals surface area contributed by atoms with Crippen LogP contribution < -0.4 is 15.4 Å². The monoisotopic (exact) mass is 726 g/mol. The molecule has 1 amide bonds. The van der Waals surface area contributed by atoms with Gasteiger partial charge in [-0.25, -0.2) is 4.39 Å². The summed E-state index contributed by atoms with van der Waals surface area (Å²) in [4.78, 5) is 20.4. The molecule has 0 spiro atoms. The predicted octanol–water partition coefficient (Wildman–Crippen LogP) is 9.55. The van der Waals surface area contributed by atoms with Gasteiger partial charge < -0.3 is 19.8 Å². The van der Waals surface area contributed by atoms with Crippen LogP contribution in [-0.2, 0) is 22.2 Å². The zero-order valence-corrected chi connectivity index (χ0v) is 31.7. The highest BCUT2D eigenvalue weighted by Crippen LogP contribution is 2.41. The number of hydrogen-bond donors (Lipinski definition) is 2. The molecule has 1 fully saturated rings. The highest BCUT2D eigenvalue weighted by atomic mass is 32.1. The molecule has 1 aliphatic rings. The number of thiophene rings is 1. The van der Waals surface area contributed by atoms with Gasteiger partial charge in [-0.3, -0.25) is 14.7 Å². The number of nitrogens with one attached hydrogen (secondary N) is 2. The van der Waals surface area contributed by atoms with E-state index in [-0.39, 0.29) is 28.2 Å². The molecule has 0 saturated carbocycles. The number of amides is 1. The maximum atomic E-state index is 15.2. The summed E-state index contributed by atoms with van der Waals surface area (Å²) in [5.41, 5.74) is 4.42. The fourth-order valence-corrected chi connectivity index (χ4v) is 8.38. The molecule has 1 saturated heterocycles. The van der Waals surface area contributed by atoms with Gasteiger partial charge in [-0.1, -0.05) is 75.4 Å². The summed E-state index contributed by atoms with van der Waals surface area (Å²) < 4.78 is 28.8. The number of aromatic nitrogens is 1. The molecule has 0 radical (unpaired) electrons. The van der Waals surface area contributed by atoms with Crippen molar-refractivity contribution in [2.45, 2.75) is 64.4 Å². The van der Waals surface area contributed by atoms with Gasteiger partial charge >= 0.3 is 0 Å². The second-order valence-electron chi connectivity index (χ2n) is 14.3. The van der Waals surface area contributed by atoms with E-state index in [9.17, 15) is 4.79 Å². The van der Waals surface area contributed by atoms with Crippen molar-refractivity contribution in [2.75, 3.05) is 18.4 Å². The first kappa shape index (κ1) is 35.8. The Hall–Kier alpha value is -4.00. The quantitative estimate of drug-likeness (QED) is 0.110. The number of likely N-dealkylation sites (tertiary alicyclic amines) is 1. The maximum Gasteiger partial charge on any atom is 0.230 e. The number of anilines is 1. The van der Waals surface area contributed by atoms with Gasteiger partial charge in [0.15, 0.2) is 25.0 Å². The molecule has 3 aromatic carbocycles. The van der Waals surface area contributed by atoms with E-state index in [1.165, 1.54) is 17.7 Å². The first-order valence-corrected chi connectivity index (χ1v) is 21.0. The van der Waals surface area contributed by atoms with Crippen LogP contribution in [0.4, 0.5) is 10.1 Å². The van der Waals surface area contributed by atoms with Crippen LogP contribution in [0.25, 0.3) is 20.7 Å². The SMILES string of the molecule is CC(C)(C)[Si](C)(C)O[C@H]1CCN(Cc2ccc(-c3cc4nccc(Oc5ccc(NC(=S)NC(=O)Cc6ccccc6)cc5F)c4s3)cc2)C1. The van der Waals surface area contributed by atoms with E-state index in [1.54, 1.807) is 29.7 Å². The number of halogens is 1. The fraction of sp³-hybridized carbons (Fsp3) is 0.308. The first-order valence-electron chi connectivity index (χ1n) is 16.8. The summed E-state index contributed by atoms with van der Waals surface area (Å²) in [6, 6.07) is 26.3. The number of pyridine rings is 1. The van der Waals surface area contributed by atoms with Gasteiger partial charge in [0.1, 0.15) is 5.75 Å². The van der Waals surface area contributed by atoms with Gasteiger partial charge in [0.25, 0.3) is 0 Å². The molecule has 260 valence electrons. The second kappa shape index (κ2) is 15.1. The minimum atomic E-state index is -1.78. The van der Waals surface area contributed by atoms with E-state index in [2.05, 4.69) is 78.6 Å². The van der Waals surface area contributed by atoms with Crippen LogP contribution in [0.2, 0.25) is 18.1 Å². The molecule has 0 unspecified atom stereocenters. The zero-order chi connectivity index (χ0) is 35.5. The molecule has 6 rings (SSSR count). The minimum absolute atomic E-state index is 0.0697. The largest absolute Gasteiger partial charge is 0.453 e. The van der Waals surface area contributed by atoms with Gasteiger partial charge in [0.2, 0.25) is 5.91 Å². The molecule has 7 nitrogen and oxygen atoms in total. The standard InChI is InChI=1S/C39H43FN4O3S2Si/c1-39(2,3)50(4,5)47-30-18-20-44(25-30)24-27-11-13-28(14-12-27)35-23-32-37(49-35)34(17-19-41-32)46-33-16-15-29(22-31(33)40)42-38(48)43-36(45)21-26-9-7-6-8-10-26/h6-17,19,22-23,30H,18,20-21,24-25H2,1-5H3,(H2,42,43,45,48)/t30-/m0/s1. The van der Waals surface area contributed by atoms with Gasteiger partial charge in [-0.15, -0.1) is 11.3 Å². The number of rotatable bonds is 10. The topological polar surface area (TPSA) is 75.7 Å². The Morgan fingerprint density at radius 2 is 1.78 bits per heavy atom. The molecule has 0 aliphatic carbocycles. The molecule has 1 aliphatic heterocycles. The third-order valence-corrected chi connectivity index (χ3v) is 15.3. The van der Waals surface area contributed by atoms with Gasteiger partial charge in [-0.2, -0.15) is 0 Å². The summed E-state index contributed by atoms with van der Waals surface area (Å²) >= 11 is 6.83. The molecule has 1 atom stereocenters. The number of fused-ring (bicyclic) bond motifs is 1. The highest BCUT2D eigenvalue weighted by Gasteiger charge is 2.40. The Bertz CT molecular complexity index is 1980. The van der Waals surface area contributed by atoms with E-state index in [4.69, 9.17) is 21.4 Å². The van der Waals surface area contributed by atoms with Crippen molar-refractivity contribution in [2.24, 2.45) is 0 Å². The van der Waals surface area contributed by atoms with Crippen molar-refractivity contribution >= 4 is 58.8 Å². The molecule has 11 heteroatoms. The molecule has 2 N–H and O–H groups in total. The lowest BCUT2D eigenvalue weighted by Crippen LogP contribution is -2.44. The molecule has 0 bridgehead atoms. The zero-order valence-electron chi connectivity index (χ0n) is 29.1. The number of carbonyl (C=O) groups excluding carboxylic acids is 1. The van der Waals surface area contributed by atoms with E-state index in [1.807, 2.05) is 36.4 Å². The fourth-order valence-electron chi connectivity index (χ4n) is 5.69. The van der Waals surface area contributed by atoms with Crippen molar-refractivity contribution < 1.29 is 18.3 Å². The number of hydrogen-bond acceptors (Lipinski definition) is 7. The minimum Gasteiger partial charge on any atom is -0.453 e. The van der Waals surface area contributed by atoms with Gasteiger partial charge in [-0.05, 0) is 71.7 Å². The number of carbonyl (C=O) groups is 1. The van der Waals surface area contributed by atoms with E-state index in [0.29, 0.717) is 17.5 Å². The van der Waals surface area contributed by atoms with Crippen LogP contribution in [0.15, 0.2) is 91.1 Å². The molecule has 3 heterocycles. The van der Waals surface area contributed by atoms with E-state index >= 15 is 4.39 Å². The van der Waals surface area contributed by atoms with E-state index in [0.717, 1.165) is 52.3 Å². The van der Waals surface area contributed by atoms with Gasteiger partial charge in [0, 0.05) is 48.5 Å². The third kappa shape index (κ3) is 8.83. The van der Waals surface area contributed by atoms with Crippen molar-refractivity contribution in [3.63, 3.8) is 0 Å². The molecular weight excluding hydrogens is 684 g/mol. The predicted molar refractivity (Wildman–Crippen MR) is 208 cm³/mol. The Labute approximate surface area is 304 Å². The maximum absolute atomic E-state index is 15.2. The molecular formula is C39H43FN4O3S2Si. The van der Waals surface area contributed by atoms with Crippen LogP contribution in [-0.4, -0.2) is 48.4 Å². The number of ether oxygens (including phenoxy) is 1. The van der Waals surface area contributed by atoms with Gasteiger partial charge in [0.05, 0.1) is 22.7 Å². The highest BCUT2D eigenvalue weighted by molar-refractivity contribution is 7.80. The summed E-state index contributed by atoms with van der Waals surface area (Å²) in [7, 11) is -1.78. The summed E-state index contributed by atoms with van der Waals surface area (Å²) in [6.45, 7) is 14.5. The van der Waals surface area contributed by atoms with Crippen molar-refractivity contribution in [3.05, 3.63) is 108 Å². The average Bonchev–Trinajstić information content (AvgIpc) is 3.69. The Kier molecular flexibility index (Phi) is 10.8. The Balaban J connectivity index is 1.06. The average molecular weight is 727 g/mol. The first-order chi connectivity index (χ1) is 23.8. The van der Waals surface area contributed by atoms with Crippen LogP contribution in [0.5, 0.6) is 11.5 Å². The van der Waals surface area contributed by atoms with Crippen molar-refractivity contribution in [1.29, 1.82) is 0 Å². The lowest BCUT2D eigenvalue weighted by atomic mass is 10.1. The lowest BCUT2D eigenvalue weighted by Gasteiger charge is -2.38. The second-order valence-corrected chi connectivity index (χ2v) is 20.5. The normalized spacial score (nSPS) is 15.3. The molecule has 50 heavy (non-hydrogen) atoms. The smallest absolute Gasteiger partial charge is 0.230 e. The van der Waals surface area contributed by atoms with E-state index < -0.39 is 14.1 Å². The number of nitrogens with zero attached hydrogens (tertiary/aromatic N) is 2. The van der Waals surface area contributed by atoms with Crippen LogP contribution in [0.1, 0.15) is 38.3 Å². The Morgan fingerprint density at radius 3 is 2.50 bits per heavy atom. The lowest BCUT2D eigenvalue weighted by molar-refractivity contribution is -0.119. The summed E-state index contributed by atoms with van der Waals surface area (Å²) in [6.07, 6.45) is 3.24. The summed E-state index contributed by atoms with van der Waals surface area (Å²) in [5.74, 6) is -0.234. The number of benzene rings is 3. The molecule has 2 aromatic heterocycles. The Morgan fingerprint density at radius 1 is 1.02 bits per heavy atom. The third-order valence-electron chi connectivity index (χ3n) is 9.39. The van der Waals surface area contributed by atoms with Crippen molar-refractivity contribution in [3.8, 4) is 21.9 Å². The molecule has 5 aromatic rings.